The molecule has 0 saturated heterocycles. The number of carbonyl (C=O) groups is 6. The summed E-state index contributed by atoms with van der Waals surface area (Å²) in [5.41, 5.74) is 1.20. The third-order valence-electron chi connectivity index (χ3n) is 8.41. The summed E-state index contributed by atoms with van der Waals surface area (Å²) in [4.78, 5) is 83.3. The molecule has 4 rings (SSSR count). The minimum absolute atomic E-state index is 0.00358. The standard InChI is InChI=1S/C39H41F2N5O9/c1-21(2)34(39(53)42-22(3)36(50)44-30(19-33(49)54-4)32(48)20-55-35-26(40)9-7-10-27(35)41)46-38(52)31(18-23-12-15-25(47)16-13-23)45-37(51)29-17-14-24-8-5-6-11-28(24)43-29/h5-17,21-22,30-31,34,47H,18-20H2,1-4H3,(H,42,53)(H,44,50)(H,45,51)(H,46,52)/t22-,30?,31-,34-/m0/s1. The van der Waals surface area contributed by atoms with E-state index >= 15 is 0 Å². The van der Waals surface area contributed by atoms with Crippen LogP contribution in [0.2, 0.25) is 0 Å². The molecule has 0 spiro atoms. The predicted octanol–water partition coefficient (Wildman–Crippen LogP) is 2.90. The maximum absolute atomic E-state index is 14.0. The minimum atomic E-state index is -1.56. The SMILES string of the molecule is COC(=O)CC(NC(=O)[C@H](C)NC(=O)[C@@H](NC(=O)[C@H](Cc1ccc(O)cc1)NC(=O)c1ccc2ccccc2n1)C(C)C)C(=O)COc1c(F)cccc1F. The number of carbonyl (C=O) groups excluding carboxylic acids is 6. The summed E-state index contributed by atoms with van der Waals surface area (Å²) in [5, 5.41) is 20.7. The zero-order valence-electron chi connectivity index (χ0n) is 30.4. The molecule has 16 heteroatoms. The average Bonchev–Trinajstić information content (AvgIpc) is 3.16. The lowest BCUT2D eigenvalue weighted by molar-refractivity contribution is -0.143. The molecule has 4 amide bonds. The fourth-order valence-corrected chi connectivity index (χ4v) is 5.32. The molecule has 5 N–H and O–H groups in total. The number of pyridine rings is 1. The molecule has 0 bridgehead atoms. The summed E-state index contributed by atoms with van der Waals surface area (Å²) in [6.45, 7) is 3.67. The van der Waals surface area contributed by atoms with Gasteiger partial charge in [0.25, 0.3) is 5.91 Å². The number of nitrogens with zero attached hydrogens (tertiary/aromatic N) is 1. The normalized spacial score (nSPS) is 13.1. The number of rotatable bonds is 17. The molecule has 55 heavy (non-hydrogen) atoms. The van der Waals surface area contributed by atoms with E-state index in [-0.39, 0.29) is 17.9 Å². The number of hydrogen-bond donors (Lipinski definition) is 5. The Hall–Kier alpha value is -6.45. The van der Waals surface area contributed by atoms with Gasteiger partial charge in [-0.2, -0.15) is 0 Å². The summed E-state index contributed by atoms with van der Waals surface area (Å²) in [6, 6.07) is 14.0. The van der Waals surface area contributed by atoms with Crippen molar-refractivity contribution in [3.8, 4) is 11.5 Å². The summed E-state index contributed by atoms with van der Waals surface area (Å²) in [7, 11) is 1.06. The number of ether oxygens (including phenoxy) is 2. The summed E-state index contributed by atoms with van der Waals surface area (Å²) in [6.07, 6.45) is -0.683. The molecule has 4 aromatic rings. The molecule has 1 unspecified atom stereocenters. The van der Waals surface area contributed by atoms with Gasteiger partial charge in [-0.1, -0.05) is 56.3 Å². The van der Waals surface area contributed by atoms with E-state index in [2.05, 4.69) is 31.0 Å². The van der Waals surface area contributed by atoms with Crippen LogP contribution < -0.4 is 26.0 Å². The van der Waals surface area contributed by atoms with Crippen LogP contribution in [0.1, 0.15) is 43.2 Å². The number of methoxy groups -OCH3 is 1. The van der Waals surface area contributed by atoms with Crippen LogP contribution in [0.4, 0.5) is 8.78 Å². The maximum atomic E-state index is 14.0. The second-order valence-electron chi connectivity index (χ2n) is 12.9. The summed E-state index contributed by atoms with van der Waals surface area (Å²) in [5.74, 6) is -8.39. The number of hydrogen-bond acceptors (Lipinski definition) is 10. The van der Waals surface area contributed by atoms with Gasteiger partial charge in [-0.3, -0.25) is 28.8 Å². The van der Waals surface area contributed by atoms with E-state index < -0.39 is 95.9 Å². The lowest BCUT2D eigenvalue weighted by atomic mass is 10.0. The molecule has 0 radical (unpaired) electrons. The number of amides is 4. The smallest absolute Gasteiger partial charge is 0.308 e. The Balaban J connectivity index is 1.45. The highest BCUT2D eigenvalue weighted by atomic mass is 19.1. The molecule has 1 heterocycles. The van der Waals surface area contributed by atoms with Gasteiger partial charge in [0, 0.05) is 11.8 Å². The van der Waals surface area contributed by atoms with Crippen LogP contribution in [0.3, 0.4) is 0 Å². The molecular weight excluding hydrogens is 720 g/mol. The number of aromatic hydroxyl groups is 1. The Labute approximate surface area is 315 Å². The van der Waals surface area contributed by atoms with E-state index in [1.165, 1.54) is 25.1 Å². The van der Waals surface area contributed by atoms with Gasteiger partial charge in [-0.25, -0.2) is 13.8 Å². The maximum Gasteiger partial charge on any atom is 0.308 e. The van der Waals surface area contributed by atoms with Gasteiger partial charge in [0.2, 0.25) is 17.7 Å². The average molecular weight is 762 g/mol. The van der Waals surface area contributed by atoms with Crippen molar-refractivity contribution in [2.24, 2.45) is 5.92 Å². The lowest BCUT2D eigenvalue weighted by Crippen LogP contribution is -2.59. The Bertz CT molecular complexity index is 2020. The number of fused-ring (bicyclic) bond motifs is 1. The highest BCUT2D eigenvalue weighted by Crippen LogP contribution is 2.21. The molecule has 4 atom stereocenters. The first-order valence-corrected chi connectivity index (χ1v) is 17.2. The first-order valence-electron chi connectivity index (χ1n) is 17.2. The Morgan fingerprint density at radius 2 is 1.42 bits per heavy atom. The van der Waals surface area contributed by atoms with Crippen molar-refractivity contribution < 1.29 is 52.1 Å². The second-order valence-corrected chi connectivity index (χ2v) is 12.9. The molecule has 0 saturated carbocycles. The molecule has 0 aliphatic rings. The van der Waals surface area contributed by atoms with Gasteiger partial charge in [-0.15, -0.1) is 0 Å². The zero-order chi connectivity index (χ0) is 40.2. The Morgan fingerprint density at radius 1 is 0.745 bits per heavy atom. The predicted molar refractivity (Wildman–Crippen MR) is 195 cm³/mol. The molecule has 290 valence electrons. The number of benzene rings is 3. The Morgan fingerprint density at radius 3 is 2.07 bits per heavy atom. The van der Waals surface area contributed by atoms with Crippen LogP contribution in [-0.2, 0) is 35.1 Å². The van der Waals surface area contributed by atoms with Gasteiger partial charge in [0.15, 0.2) is 23.2 Å². The molecular formula is C39H41F2N5O9. The number of phenols is 1. The second kappa shape index (κ2) is 19.0. The highest BCUT2D eigenvalue weighted by molar-refractivity contribution is 5.99. The molecule has 0 aliphatic carbocycles. The molecule has 0 aliphatic heterocycles. The summed E-state index contributed by atoms with van der Waals surface area (Å²) < 4.78 is 37.6. The van der Waals surface area contributed by atoms with Crippen molar-refractivity contribution in [3.63, 3.8) is 0 Å². The number of nitrogens with one attached hydrogen (secondary N) is 4. The fourth-order valence-electron chi connectivity index (χ4n) is 5.32. The number of Topliss-reactive ketones (excluding diaryl/α,β-unsaturated/α-hetero) is 1. The quantitative estimate of drug-likeness (QED) is 0.0997. The van der Waals surface area contributed by atoms with Gasteiger partial charge in [0.05, 0.1) is 19.0 Å². The minimum Gasteiger partial charge on any atom is -0.508 e. The van der Waals surface area contributed by atoms with Crippen molar-refractivity contribution in [2.45, 2.75) is 57.8 Å². The van der Waals surface area contributed by atoms with Crippen molar-refractivity contribution >= 4 is 46.3 Å². The van der Waals surface area contributed by atoms with Crippen LogP contribution in [0, 0.1) is 17.6 Å². The van der Waals surface area contributed by atoms with E-state index in [1.54, 1.807) is 44.2 Å². The first kappa shape index (κ1) is 41.3. The third-order valence-corrected chi connectivity index (χ3v) is 8.41. The lowest BCUT2D eigenvalue weighted by Gasteiger charge is -2.27. The number of phenolic OH excluding ortho intramolecular Hbond substituents is 1. The summed E-state index contributed by atoms with van der Waals surface area (Å²) >= 11 is 0. The van der Waals surface area contributed by atoms with E-state index in [4.69, 9.17) is 4.74 Å². The first-order chi connectivity index (χ1) is 26.2. The van der Waals surface area contributed by atoms with Crippen molar-refractivity contribution in [1.29, 1.82) is 0 Å². The zero-order valence-corrected chi connectivity index (χ0v) is 30.4. The number of aromatic nitrogens is 1. The fraction of sp³-hybridized carbons (Fsp3) is 0.308. The van der Waals surface area contributed by atoms with E-state index in [1.807, 2.05) is 12.1 Å². The van der Waals surface area contributed by atoms with Crippen molar-refractivity contribution in [1.82, 2.24) is 26.3 Å². The van der Waals surface area contributed by atoms with Gasteiger partial charge in [-0.05, 0) is 54.8 Å². The number of ketones is 1. The molecule has 3 aromatic carbocycles. The van der Waals surface area contributed by atoms with Crippen LogP contribution in [0.25, 0.3) is 10.9 Å². The Kier molecular flexibility index (Phi) is 14.3. The van der Waals surface area contributed by atoms with Gasteiger partial charge in [0.1, 0.15) is 42.2 Å². The highest BCUT2D eigenvalue weighted by Gasteiger charge is 2.32. The van der Waals surface area contributed by atoms with Crippen LogP contribution in [0.5, 0.6) is 11.5 Å². The third kappa shape index (κ3) is 11.5. The monoisotopic (exact) mass is 761 g/mol. The molecule has 1 aromatic heterocycles. The largest absolute Gasteiger partial charge is 0.508 e. The van der Waals surface area contributed by atoms with E-state index in [9.17, 15) is 42.7 Å². The van der Waals surface area contributed by atoms with E-state index in [0.717, 1.165) is 30.7 Å². The van der Waals surface area contributed by atoms with Crippen LogP contribution >= 0.6 is 0 Å². The molecule has 0 fully saturated rings. The van der Waals surface area contributed by atoms with Crippen molar-refractivity contribution in [2.75, 3.05) is 13.7 Å². The number of esters is 1. The van der Waals surface area contributed by atoms with Crippen LogP contribution in [-0.4, -0.2) is 83.4 Å². The van der Waals surface area contributed by atoms with Gasteiger partial charge < -0.3 is 35.8 Å². The van der Waals surface area contributed by atoms with E-state index in [0.29, 0.717) is 11.1 Å². The number of para-hydroxylation sites is 2. The molecule has 14 nitrogen and oxygen atoms in total. The number of halogens is 2. The van der Waals surface area contributed by atoms with Crippen LogP contribution in [0.15, 0.2) is 78.9 Å². The topological polar surface area (TPSA) is 202 Å². The van der Waals surface area contributed by atoms with Gasteiger partial charge >= 0.3 is 5.97 Å². The van der Waals surface area contributed by atoms with Crippen molar-refractivity contribution in [3.05, 3.63) is 102 Å².